The number of oxazole rings is 1. The molecule has 0 radical (unpaired) electrons. The summed E-state index contributed by atoms with van der Waals surface area (Å²) in [5, 5.41) is 3.68. The molecule has 10 nitrogen and oxygen atoms in total. The summed E-state index contributed by atoms with van der Waals surface area (Å²) in [6, 6.07) is 10.1. The number of ether oxygens (including phenoxy) is 1. The standard InChI is InChI=1S/C31H35FN8O2/c1-17-13-18(2)27-25(14-17)36-31(42-27)35-24-8-3-19(15-23(24)32)22-16-40(29-26(22)28(33)37-30(34)38-29)21-6-4-20(5-7-21)39-9-11-41-12-10-39/h3,8,13-16,20-21H,4-7,9-12H2,1-2H3,(H,35,36)(H4,33,34,37,38)/t20-,21+. The van der Waals surface area contributed by atoms with Crippen LogP contribution in [0.1, 0.15) is 42.9 Å². The summed E-state index contributed by atoms with van der Waals surface area (Å²) < 4.78 is 29.1. The van der Waals surface area contributed by atoms with Gasteiger partial charge in [-0.3, -0.25) is 4.90 Å². The molecular formula is C31H35FN8O2. The number of fused-ring (bicyclic) bond motifs is 2. The molecule has 0 unspecified atom stereocenters. The predicted molar refractivity (Wildman–Crippen MR) is 162 cm³/mol. The SMILES string of the molecule is Cc1cc(C)c2oc(Nc3ccc(-c4cn([C@H]5CC[C@@H](N6CCOCC6)CC5)c5nc(N)nc(N)c45)cc3F)nc2c1. The lowest BCUT2D eigenvalue weighted by Gasteiger charge is -2.39. The minimum atomic E-state index is -0.440. The van der Waals surface area contributed by atoms with Gasteiger partial charge in [-0.2, -0.15) is 15.0 Å². The maximum atomic E-state index is 15.5. The number of hydrogen-bond acceptors (Lipinski definition) is 9. The second kappa shape index (κ2) is 10.6. The number of benzene rings is 2. The van der Waals surface area contributed by atoms with Crippen LogP contribution in [0.5, 0.6) is 0 Å². The number of nitrogens with two attached hydrogens (primary N) is 2. The first-order valence-electron chi connectivity index (χ1n) is 14.5. The maximum absolute atomic E-state index is 15.5. The smallest absolute Gasteiger partial charge is 0.300 e. The van der Waals surface area contributed by atoms with Crippen LogP contribution in [0.4, 0.5) is 27.9 Å². The Morgan fingerprint density at radius 2 is 1.71 bits per heavy atom. The van der Waals surface area contributed by atoms with E-state index >= 15 is 4.39 Å². The summed E-state index contributed by atoms with van der Waals surface area (Å²) in [5.74, 6) is -0.0279. The highest BCUT2D eigenvalue weighted by Gasteiger charge is 2.30. The number of nitrogen functional groups attached to an aromatic ring is 2. The van der Waals surface area contributed by atoms with E-state index in [1.54, 1.807) is 6.07 Å². The molecule has 2 aromatic carbocycles. The van der Waals surface area contributed by atoms with Crippen molar-refractivity contribution in [2.75, 3.05) is 43.1 Å². The minimum Gasteiger partial charge on any atom is -0.423 e. The molecule has 0 spiro atoms. The Balaban J connectivity index is 1.18. The zero-order chi connectivity index (χ0) is 29.0. The molecule has 218 valence electrons. The maximum Gasteiger partial charge on any atom is 0.300 e. The van der Waals surface area contributed by atoms with Gasteiger partial charge in [-0.25, -0.2) is 4.39 Å². The Morgan fingerprint density at radius 1 is 0.952 bits per heavy atom. The summed E-state index contributed by atoms with van der Waals surface area (Å²) in [4.78, 5) is 15.9. The number of rotatable bonds is 5. The topological polar surface area (TPSA) is 133 Å². The van der Waals surface area contributed by atoms with Crippen molar-refractivity contribution in [2.45, 2.75) is 51.6 Å². The van der Waals surface area contributed by atoms with Crippen LogP contribution < -0.4 is 16.8 Å². The number of aryl methyl sites for hydroxylation is 2. The second-order valence-electron chi connectivity index (χ2n) is 11.5. The largest absolute Gasteiger partial charge is 0.423 e. The van der Waals surface area contributed by atoms with Crippen molar-refractivity contribution in [2.24, 2.45) is 0 Å². The van der Waals surface area contributed by atoms with Gasteiger partial charge in [0.1, 0.15) is 22.8 Å². The van der Waals surface area contributed by atoms with E-state index in [1.807, 2.05) is 38.2 Å². The third-order valence-corrected chi connectivity index (χ3v) is 8.68. The van der Waals surface area contributed by atoms with Gasteiger partial charge in [-0.15, -0.1) is 0 Å². The molecule has 2 aliphatic rings. The Labute approximate surface area is 242 Å². The first-order valence-corrected chi connectivity index (χ1v) is 14.5. The van der Waals surface area contributed by atoms with Crippen LogP contribution in [-0.4, -0.2) is 56.8 Å². The van der Waals surface area contributed by atoms with Crippen LogP contribution in [0, 0.1) is 19.7 Å². The Morgan fingerprint density at radius 3 is 2.48 bits per heavy atom. The number of halogens is 1. The zero-order valence-corrected chi connectivity index (χ0v) is 23.9. The zero-order valence-electron chi connectivity index (χ0n) is 23.9. The molecule has 1 saturated carbocycles. The van der Waals surface area contributed by atoms with Crippen LogP contribution >= 0.6 is 0 Å². The first kappa shape index (κ1) is 26.7. The first-order chi connectivity index (χ1) is 20.3. The molecule has 1 aliphatic carbocycles. The molecule has 2 fully saturated rings. The van der Waals surface area contributed by atoms with E-state index in [9.17, 15) is 0 Å². The molecule has 0 bridgehead atoms. The van der Waals surface area contributed by atoms with Crippen molar-refractivity contribution in [3.8, 4) is 11.1 Å². The molecule has 3 aromatic heterocycles. The van der Waals surface area contributed by atoms with Crippen LogP contribution in [0.3, 0.4) is 0 Å². The van der Waals surface area contributed by atoms with Crippen LogP contribution in [0.2, 0.25) is 0 Å². The highest BCUT2D eigenvalue weighted by atomic mass is 19.1. The minimum absolute atomic E-state index is 0.127. The van der Waals surface area contributed by atoms with Crippen molar-refractivity contribution in [3.63, 3.8) is 0 Å². The predicted octanol–water partition coefficient (Wildman–Crippen LogP) is 5.72. The van der Waals surface area contributed by atoms with Crippen molar-refractivity contribution in [3.05, 3.63) is 53.5 Å². The highest BCUT2D eigenvalue weighted by molar-refractivity contribution is 6.01. The number of nitrogens with one attached hydrogen (secondary N) is 1. The van der Waals surface area contributed by atoms with Gasteiger partial charge >= 0.3 is 0 Å². The molecule has 7 rings (SSSR count). The summed E-state index contributed by atoms with van der Waals surface area (Å²) in [7, 11) is 0. The lowest BCUT2D eigenvalue weighted by atomic mass is 9.90. The fraction of sp³-hybridized carbons (Fsp3) is 0.387. The van der Waals surface area contributed by atoms with Crippen molar-refractivity contribution < 1.29 is 13.5 Å². The summed E-state index contributed by atoms with van der Waals surface area (Å²) in [6.45, 7) is 7.57. The fourth-order valence-corrected chi connectivity index (χ4v) is 6.66. The highest BCUT2D eigenvalue weighted by Crippen LogP contribution is 2.40. The van der Waals surface area contributed by atoms with Gasteiger partial charge in [0.05, 0.1) is 24.3 Å². The number of nitrogens with zero attached hydrogens (tertiary/aromatic N) is 5. The molecule has 5 aromatic rings. The van der Waals surface area contributed by atoms with E-state index in [0.29, 0.717) is 28.2 Å². The van der Waals surface area contributed by atoms with Crippen LogP contribution in [0.15, 0.2) is 40.9 Å². The molecule has 11 heteroatoms. The number of hydrogen-bond donors (Lipinski definition) is 3. The van der Waals surface area contributed by atoms with Crippen molar-refractivity contribution >= 4 is 45.6 Å². The van der Waals surface area contributed by atoms with Gasteiger partial charge < -0.3 is 30.5 Å². The third-order valence-electron chi connectivity index (χ3n) is 8.68. The Kier molecular flexibility index (Phi) is 6.70. The van der Waals surface area contributed by atoms with Gasteiger partial charge in [0.2, 0.25) is 5.95 Å². The average Bonchev–Trinajstić information content (AvgIpc) is 3.56. The number of morpholine rings is 1. The Hall–Kier alpha value is -4.22. The molecule has 0 atom stereocenters. The molecule has 0 amide bonds. The molecule has 1 saturated heterocycles. The van der Waals surface area contributed by atoms with Crippen LogP contribution in [0.25, 0.3) is 33.3 Å². The normalized spacial score (nSPS) is 20.0. The van der Waals surface area contributed by atoms with E-state index < -0.39 is 5.82 Å². The van der Waals surface area contributed by atoms with Gasteiger partial charge in [0, 0.05) is 36.9 Å². The summed E-state index contributed by atoms with van der Waals surface area (Å²) >= 11 is 0. The summed E-state index contributed by atoms with van der Waals surface area (Å²) in [6.07, 6.45) is 6.24. The average molecular weight is 571 g/mol. The van der Waals surface area contributed by atoms with Gasteiger partial charge in [0.25, 0.3) is 6.01 Å². The van der Waals surface area contributed by atoms with E-state index in [1.165, 1.54) is 6.07 Å². The van der Waals surface area contributed by atoms with E-state index in [0.717, 1.165) is 74.2 Å². The van der Waals surface area contributed by atoms with Gasteiger partial charge in [-0.1, -0.05) is 12.1 Å². The molecule has 42 heavy (non-hydrogen) atoms. The van der Waals surface area contributed by atoms with Crippen LogP contribution in [-0.2, 0) is 4.74 Å². The number of anilines is 4. The molecule has 1 aliphatic heterocycles. The summed E-state index contributed by atoms with van der Waals surface area (Å²) in [5.41, 5.74) is 18.3. The van der Waals surface area contributed by atoms with Crippen molar-refractivity contribution in [1.29, 1.82) is 0 Å². The monoisotopic (exact) mass is 570 g/mol. The third kappa shape index (κ3) is 4.82. The lowest BCUT2D eigenvalue weighted by Crippen LogP contribution is -2.45. The van der Waals surface area contributed by atoms with E-state index in [4.69, 9.17) is 20.6 Å². The van der Waals surface area contributed by atoms with E-state index in [-0.39, 0.29) is 29.5 Å². The number of aromatic nitrogens is 4. The van der Waals surface area contributed by atoms with E-state index in [2.05, 4.69) is 29.7 Å². The molecular weight excluding hydrogens is 535 g/mol. The van der Waals surface area contributed by atoms with Gasteiger partial charge in [-0.05, 0) is 74.4 Å². The fourth-order valence-electron chi connectivity index (χ4n) is 6.66. The Bertz CT molecular complexity index is 1780. The lowest BCUT2D eigenvalue weighted by molar-refractivity contribution is 0.00558. The van der Waals surface area contributed by atoms with Crippen molar-refractivity contribution in [1.82, 2.24) is 24.4 Å². The quantitative estimate of drug-likeness (QED) is 0.243. The molecule has 4 heterocycles. The van der Waals surface area contributed by atoms with Gasteiger partial charge in [0.15, 0.2) is 5.58 Å². The molecule has 5 N–H and O–H groups in total. The second-order valence-corrected chi connectivity index (χ2v) is 11.5.